The Morgan fingerprint density at radius 2 is 1.78 bits per heavy atom. The van der Waals surface area contributed by atoms with Crippen LogP contribution in [0.3, 0.4) is 0 Å². The summed E-state index contributed by atoms with van der Waals surface area (Å²) < 4.78 is 5.45. The molecule has 4 fully saturated rings. The second-order valence-corrected chi connectivity index (χ2v) is 9.15. The number of carbonyl (C=O) groups excluding carboxylic acids is 3. The van der Waals surface area contributed by atoms with Gasteiger partial charge in [0.25, 0.3) is 0 Å². The first-order chi connectivity index (χ1) is 12.6. The van der Waals surface area contributed by atoms with Crippen molar-refractivity contribution in [2.24, 2.45) is 17.3 Å². The number of rotatable bonds is 5. The first-order valence-corrected chi connectivity index (χ1v) is 9.75. The van der Waals surface area contributed by atoms with E-state index in [2.05, 4.69) is 4.98 Å². The zero-order valence-electron chi connectivity index (χ0n) is 16.2. The Bertz CT molecular complexity index is 822. The van der Waals surface area contributed by atoms with Crippen molar-refractivity contribution < 1.29 is 24.2 Å². The number of aromatic amines is 1. The molecule has 146 valence electrons. The summed E-state index contributed by atoms with van der Waals surface area (Å²) in [7, 11) is 0. The smallest absolute Gasteiger partial charge is 0.312 e. The number of ketones is 2. The highest BCUT2D eigenvalue weighted by Gasteiger charge is 2.60. The fourth-order valence-electron chi connectivity index (χ4n) is 6.37. The summed E-state index contributed by atoms with van der Waals surface area (Å²) in [5.74, 6) is -0.0213. The Kier molecular flexibility index (Phi) is 4.11. The Morgan fingerprint density at radius 1 is 1.15 bits per heavy atom. The SMILES string of the molecule is CC(=O)c1c(C)[nH]c(C(=O)COC(=O)C23CC4CC(CC(O)(C4)C2)C3)c1C. The standard InChI is InChI=1S/C21H27NO5/c1-11-17(13(3)23)12(2)22-18(11)16(24)9-27-19(25)20-5-14-4-15(6-20)8-21(26,7-14)10-20/h14-15,22,26H,4-10H2,1-3H3. The van der Waals surface area contributed by atoms with Gasteiger partial charge in [0.05, 0.1) is 16.7 Å². The summed E-state index contributed by atoms with van der Waals surface area (Å²) in [6, 6.07) is 0. The van der Waals surface area contributed by atoms with Crippen molar-refractivity contribution in [3.63, 3.8) is 0 Å². The van der Waals surface area contributed by atoms with Crippen molar-refractivity contribution in [1.82, 2.24) is 4.98 Å². The van der Waals surface area contributed by atoms with Gasteiger partial charge in [-0.05, 0) is 76.7 Å². The van der Waals surface area contributed by atoms with E-state index >= 15 is 0 Å². The first-order valence-electron chi connectivity index (χ1n) is 9.75. The van der Waals surface area contributed by atoms with Crippen molar-refractivity contribution in [1.29, 1.82) is 0 Å². The molecule has 4 aliphatic rings. The minimum absolute atomic E-state index is 0.0981. The third kappa shape index (κ3) is 2.94. The van der Waals surface area contributed by atoms with Crippen molar-refractivity contribution in [3.8, 4) is 0 Å². The molecular formula is C21H27NO5. The number of Topliss-reactive ketones (excluding diaryl/α,β-unsaturated/α-hetero) is 2. The number of esters is 1. The Balaban J connectivity index is 1.47. The van der Waals surface area contributed by atoms with Crippen LogP contribution in [0.15, 0.2) is 0 Å². The molecule has 0 aromatic carbocycles. The van der Waals surface area contributed by atoms with Crippen molar-refractivity contribution in [2.45, 2.75) is 64.9 Å². The topological polar surface area (TPSA) is 96.5 Å². The van der Waals surface area contributed by atoms with Gasteiger partial charge in [-0.15, -0.1) is 0 Å². The van der Waals surface area contributed by atoms with E-state index in [9.17, 15) is 19.5 Å². The van der Waals surface area contributed by atoms with Crippen LogP contribution in [0.25, 0.3) is 0 Å². The quantitative estimate of drug-likeness (QED) is 0.611. The number of hydrogen-bond acceptors (Lipinski definition) is 5. The Morgan fingerprint density at radius 3 is 2.30 bits per heavy atom. The minimum atomic E-state index is -0.739. The molecule has 27 heavy (non-hydrogen) atoms. The molecule has 1 heterocycles. The third-order valence-electron chi connectivity index (χ3n) is 6.87. The molecule has 0 amide bonds. The van der Waals surface area contributed by atoms with E-state index in [4.69, 9.17) is 4.74 Å². The monoisotopic (exact) mass is 373 g/mol. The molecule has 0 saturated heterocycles. The largest absolute Gasteiger partial charge is 0.457 e. The lowest BCUT2D eigenvalue weighted by Gasteiger charge is -2.58. The number of nitrogens with one attached hydrogen (secondary N) is 1. The summed E-state index contributed by atoms with van der Waals surface area (Å²) in [5, 5.41) is 10.8. The lowest BCUT2D eigenvalue weighted by molar-refractivity contribution is -0.195. The van der Waals surface area contributed by atoms with Crippen LogP contribution in [0.1, 0.15) is 77.6 Å². The van der Waals surface area contributed by atoms with Crippen LogP contribution in [-0.4, -0.2) is 39.8 Å². The number of hydrogen-bond donors (Lipinski definition) is 2. The Hall–Kier alpha value is -1.95. The summed E-state index contributed by atoms with van der Waals surface area (Å²) in [6.07, 6.45) is 4.63. The number of ether oxygens (including phenoxy) is 1. The van der Waals surface area contributed by atoms with E-state index in [1.165, 1.54) is 6.92 Å². The van der Waals surface area contributed by atoms with Crippen molar-refractivity contribution >= 4 is 17.5 Å². The van der Waals surface area contributed by atoms with Gasteiger partial charge in [-0.1, -0.05) is 0 Å². The maximum atomic E-state index is 12.9. The van der Waals surface area contributed by atoms with Crippen LogP contribution in [0, 0.1) is 31.1 Å². The molecule has 0 radical (unpaired) electrons. The zero-order valence-corrected chi connectivity index (χ0v) is 16.2. The van der Waals surface area contributed by atoms with E-state index in [1.54, 1.807) is 13.8 Å². The molecule has 6 nitrogen and oxygen atoms in total. The van der Waals surface area contributed by atoms with Crippen LogP contribution in [-0.2, 0) is 9.53 Å². The predicted molar refractivity (Wildman–Crippen MR) is 97.6 cm³/mol. The van der Waals surface area contributed by atoms with E-state index in [0.29, 0.717) is 40.8 Å². The molecule has 1 aromatic heterocycles. The van der Waals surface area contributed by atoms with Crippen molar-refractivity contribution in [3.05, 3.63) is 22.5 Å². The van der Waals surface area contributed by atoms with E-state index in [0.717, 1.165) is 32.1 Å². The van der Waals surface area contributed by atoms with E-state index in [-0.39, 0.29) is 24.1 Å². The molecule has 1 aromatic rings. The van der Waals surface area contributed by atoms with Gasteiger partial charge in [-0.2, -0.15) is 0 Å². The fourth-order valence-corrected chi connectivity index (χ4v) is 6.37. The molecule has 0 spiro atoms. The third-order valence-corrected chi connectivity index (χ3v) is 6.87. The zero-order chi connectivity index (χ0) is 19.6. The first kappa shape index (κ1) is 18.4. The van der Waals surface area contributed by atoms with Gasteiger partial charge in [0.1, 0.15) is 0 Å². The second kappa shape index (κ2) is 6.03. The predicted octanol–water partition coefficient (Wildman–Crippen LogP) is 2.89. The average molecular weight is 373 g/mol. The molecule has 2 N–H and O–H groups in total. The van der Waals surface area contributed by atoms with Crippen molar-refractivity contribution in [2.75, 3.05) is 6.61 Å². The van der Waals surface area contributed by atoms with Gasteiger partial charge < -0.3 is 14.8 Å². The second-order valence-electron chi connectivity index (χ2n) is 9.15. The highest BCUT2D eigenvalue weighted by atomic mass is 16.5. The molecule has 2 atom stereocenters. The van der Waals surface area contributed by atoms with Crippen LogP contribution < -0.4 is 0 Å². The Labute approximate surface area is 158 Å². The molecular weight excluding hydrogens is 346 g/mol. The number of aromatic nitrogens is 1. The highest BCUT2D eigenvalue weighted by Crippen LogP contribution is 2.61. The van der Waals surface area contributed by atoms with Crippen LogP contribution in [0.4, 0.5) is 0 Å². The normalized spacial score (nSPS) is 33.9. The molecule has 0 aliphatic heterocycles. The maximum Gasteiger partial charge on any atom is 0.312 e. The molecule has 4 bridgehead atoms. The number of carbonyl (C=O) groups is 3. The van der Waals surface area contributed by atoms with E-state index < -0.39 is 11.0 Å². The van der Waals surface area contributed by atoms with Crippen LogP contribution in [0.2, 0.25) is 0 Å². The number of H-pyrrole nitrogens is 1. The minimum Gasteiger partial charge on any atom is -0.457 e. The van der Waals surface area contributed by atoms with Crippen LogP contribution in [0.5, 0.6) is 0 Å². The molecule has 2 unspecified atom stereocenters. The molecule has 4 saturated carbocycles. The highest BCUT2D eigenvalue weighted by molar-refractivity contribution is 6.04. The van der Waals surface area contributed by atoms with Gasteiger partial charge in [0.2, 0.25) is 5.78 Å². The summed E-state index contributed by atoms with van der Waals surface area (Å²) in [5.41, 5.74) is 0.729. The average Bonchev–Trinajstić information content (AvgIpc) is 2.84. The van der Waals surface area contributed by atoms with Gasteiger partial charge >= 0.3 is 5.97 Å². The fraction of sp³-hybridized carbons (Fsp3) is 0.667. The molecule has 6 heteroatoms. The van der Waals surface area contributed by atoms with E-state index in [1.807, 2.05) is 0 Å². The van der Waals surface area contributed by atoms with Gasteiger partial charge in [0, 0.05) is 11.3 Å². The van der Waals surface area contributed by atoms with Gasteiger partial charge in [-0.3, -0.25) is 14.4 Å². The lowest BCUT2D eigenvalue weighted by atomic mass is 9.48. The summed E-state index contributed by atoms with van der Waals surface area (Å²) in [4.78, 5) is 40.2. The lowest BCUT2D eigenvalue weighted by Crippen LogP contribution is -2.58. The maximum absolute atomic E-state index is 12.9. The summed E-state index contributed by atoms with van der Waals surface area (Å²) in [6.45, 7) is 4.61. The number of aliphatic hydroxyl groups is 1. The molecule has 5 rings (SSSR count). The van der Waals surface area contributed by atoms with Gasteiger partial charge in [0.15, 0.2) is 12.4 Å². The van der Waals surface area contributed by atoms with Crippen LogP contribution >= 0.6 is 0 Å². The van der Waals surface area contributed by atoms with Gasteiger partial charge in [-0.25, -0.2) is 0 Å². The molecule has 4 aliphatic carbocycles. The number of aryl methyl sites for hydroxylation is 1. The summed E-state index contributed by atoms with van der Waals surface area (Å²) >= 11 is 0.